The lowest BCUT2D eigenvalue weighted by molar-refractivity contribution is 0.0251. The van der Waals surface area contributed by atoms with Gasteiger partial charge in [-0.25, -0.2) is 0 Å². The molecule has 0 amide bonds. The molecule has 0 aromatic heterocycles. The molecular formula is C14H31NO6. The van der Waals surface area contributed by atoms with E-state index in [0.29, 0.717) is 52.9 Å². The van der Waals surface area contributed by atoms with Gasteiger partial charge in [-0.1, -0.05) is 0 Å². The monoisotopic (exact) mass is 309 g/mol. The van der Waals surface area contributed by atoms with Crippen molar-refractivity contribution in [2.75, 3.05) is 93.3 Å². The quantitative estimate of drug-likeness (QED) is 0.367. The summed E-state index contributed by atoms with van der Waals surface area (Å²) in [6.07, 6.45) is 0. The Hall–Kier alpha value is -0.280. The molecule has 0 unspecified atom stereocenters. The van der Waals surface area contributed by atoms with Crippen LogP contribution < -0.4 is 0 Å². The maximum atomic E-state index is 8.68. The van der Waals surface area contributed by atoms with Crippen molar-refractivity contribution in [3.63, 3.8) is 0 Å². The Labute approximate surface area is 128 Å². The van der Waals surface area contributed by atoms with Gasteiger partial charge in [-0.2, -0.15) is 0 Å². The van der Waals surface area contributed by atoms with Gasteiger partial charge >= 0.3 is 0 Å². The zero-order valence-electron chi connectivity index (χ0n) is 13.4. The first-order valence-corrected chi connectivity index (χ1v) is 7.39. The van der Waals surface area contributed by atoms with Crippen LogP contribution in [0.2, 0.25) is 0 Å². The number of rotatable bonds is 17. The summed E-state index contributed by atoms with van der Waals surface area (Å²) in [6.45, 7) is 7.20. The highest BCUT2D eigenvalue weighted by Gasteiger charge is 2.05. The van der Waals surface area contributed by atoms with Gasteiger partial charge in [-0.3, -0.25) is 4.90 Å². The molecule has 0 aliphatic carbocycles. The van der Waals surface area contributed by atoms with Gasteiger partial charge in [0.15, 0.2) is 0 Å². The maximum absolute atomic E-state index is 8.68. The first-order chi connectivity index (χ1) is 10.3. The Morgan fingerprint density at radius 2 is 1.05 bits per heavy atom. The van der Waals surface area contributed by atoms with Gasteiger partial charge in [0.05, 0.1) is 59.5 Å². The minimum absolute atomic E-state index is 0.0558. The average molecular weight is 309 g/mol. The molecule has 0 saturated heterocycles. The fraction of sp³-hybridized carbons (Fsp3) is 1.00. The number of hydrogen-bond acceptors (Lipinski definition) is 7. The third-order valence-electron chi connectivity index (χ3n) is 2.75. The smallest absolute Gasteiger partial charge is 0.0700 e. The maximum Gasteiger partial charge on any atom is 0.0700 e. The molecule has 0 atom stereocenters. The molecule has 0 aliphatic rings. The summed E-state index contributed by atoms with van der Waals surface area (Å²) in [6, 6.07) is 0. The summed E-state index contributed by atoms with van der Waals surface area (Å²) < 4.78 is 26.1. The number of aliphatic hydroxyl groups is 1. The fourth-order valence-corrected chi connectivity index (χ4v) is 1.57. The van der Waals surface area contributed by atoms with Gasteiger partial charge in [-0.15, -0.1) is 0 Å². The molecule has 0 bridgehead atoms. The topological polar surface area (TPSA) is 69.6 Å². The molecule has 0 aromatic rings. The van der Waals surface area contributed by atoms with Gasteiger partial charge in [-0.05, 0) is 0 Å². The van der Waals surface area contributed by atoms with Crippen LogP contribution in [0.3, 0.4) is 0 Å². The third-order valence-corrected chi connectivity index (χ3v) is 2.75. The highest BCUT2D eigenvalue weighted by Crippen LogP contribution is 1.91. The lowest BCUT2D eigenvalue weighted by Gasteiger charge is -2.22. The van der Waals surface area contributed by atoms with Crippen LogP contribution in [0.4, 0.5) is 0 Å². The van der Waals surface area contributed by atoms with E-state index in [-0.39, 0.29) is 6.61 Å². The molecule has 7 heteroatoms. The number of methoxy groups -OCH3 is 2. The van der Waals surface area contributed by atoms with Crippen molar-refractivity contribution < 1.29 is 28.8 Å². The Bertz CT molecular complexity index is 182. The van der Waals surface area contributed by atoms with E-state index >= 15 is 0 Å². The first-order valence-electron chi connectivity index (χ1n) is 7.39. The van der Waals surface area contributed by atoms with Crippen molar-refractivity contribution in [2.45, 2.75) is 0 Å². The predicted octanol–water partition coefficient (Wildman–Crippen LogP) is -0.377. The largest absolute Gasteiger partial charge is 0.394 e. The van der Waals surface area contributed by atoms with Crippen molar-refractivity contribution in [3.05, 3.63) is 0 Å². The van der Waals surface area contributed by atoms with Crippen LogP contribution in [-0.4, -0.2) is 103 Å². The van der Waals surface area contributed by atoms with Gasteiger partial charge in [0.25, 0.3) is 0 Å². The molecule has 0 aliphatic heterocycles. The summed E-state index contributed by atoms with van der Waals surface area (Å²) in [5.74, 6) is 0. The van der Waals surface area contributed by atoms with E-state index in [1.54, 1.807) is 14.2 Å². The zero-order valence-corrected chi connectivity index (χ0v) is 13.4. The second-order valence-electron chi connectivity index (χ2n) is 4.39. The minimum Gasteiger partial charge on any atom is -0.394 e. The molecule has 0 aromatic carbocycles. The summed E-state index contributed by atoms with van der Waals surface area (Å²) in [5, 5.41) is 8.68. The Kier molecular flexibility index (Phi) is 17.5. The number of aliphatic hydroxyl groups excluding tert-OH is 1. The molecule has 128 valence electrons. The third kappa shape index (κ3) is 15.9. The molecule has 0 rings (SSSR count). The Balaban J connectivity index is 3.69. The van der Waals surface area contributed by atoms with Crippen molar-refractivity contribution in [3.8, 4) is 0 Å². The fourth-order valence-electron chi connectivity index (χ4n) is 1.57. The second-order valence-corrected chi connectivity index (χ2v) is 4.39. The molecular weight excluding hydrogens is 278 g/mol. The van der Waals surface area contributed by atoms with Crippen molar-refractivity contribution in [1.29, 1.82) is 0 Å². The molecule has 0 radical (unpaired) electrons. The van der Waals surface area contributed by atoms with E-state index in [1.807, 2.05) is 0 Å². The van der Waals surface area contributed by atoms with Crippen LogP contribution in [0.5, 0.6) is 0 Å². The average Bonchev–Trinajstić information content (AvgIpc) is 2.50. The number of nitrogens with zero attached hydrogens (tertiary/aromatic N) is 1. The summed E-state index contributed by atoms with van der Waals surface area (Å²) in [4.78, 5) is 2.22. The van der Waals surface area contributed by atoms with E-state index in [1.165, 1.54) is 0 Å². The van der Waals surface area contributed by atoms with Crippen LogP contribution >= 0.6 is 0 Å². The van der Waals surface area contributed by atoms with E-state index in [9.17, 15) is 0 Å². The van der Waals surface area contributed by atoms with Crippen molar-refractivity contribution >= 4 is 0 Å². The molecule has 1 N–H and O–H groups in total. The molecule has 0 saturated carbocycles. The van der Waals surface area contributed by atoms with Gasteiger partial charge in [0, 0.05) is 33.9 Å². The van der Waals surface area contributed by atoms with Crippen molar-refractivity contribution in [2.24, 2.45) is 0 Å². The lowest BCUT2D eigenvalue weighted by Crippen LogP contribution is -2.34. The predicted molar refractivity (Wildman–Crippen MR) is 79.7 cm³/mol. The summed E-state index contributed by atoms with van der Waals surface area (Å²) in [5.41, 5.74) is 0. The lowest BCUT2D eigenvalue weighted by atomic mass is 10.4. The van der Waals surface area contributed by atoms with Crippen LogP contribution in [0, 0.1) is 0 Å². The molecule has 21 heavy (non-hydrogen) atoms. The van der Waals surface area contributed by atoms with Crippen LogP contribution in [0.25, 0.3) is 0 Å². The number of ether oxygens (including phenoxy) is 5. The van der Waals surface area contributed by atoms with Crippen LogP contribution in [-0.2, 0) is 23.7 Å². The molecule has 0 heterocycles. The normalized spacial score (nSPS) is 11.4. The molecule has 0 fully saturated rings. The molecule has 7 nitrogen and oxygen atoms in total. The highest BCUT2D eigenvalue weighted by molar-refractivity contribution is 4.57. The van der Waals surface area contributed by atoms with E-state index in [0.717, 1.165) is 19.6 Å². The Morgan fingerprint density at radius 1 is 0.619 bits per heavy atom. The van der Waals surface area contributed by atoms with E-state index < -0.39 is 0 Å². The number of hydrogen-bond donors (Lipinski definition) is 1. The van der Waals surface area contributed by atoms with E-state index in [4.69, 9.17) is 28.8 Å². The highest BCUT2D eigenvalue weighted by atomic mass is 16.5. The van der Waals surface area contributed by atoms with Gasteiger partial charge < -0.3 is 28.8 Å². The van der Waals surface area contributed by atoms with Crippen LogP contribution in [0.1, 0.15) is 0 Å². The molecule has 0 spiro atoms. The Morgan fingerprint density at radius 3 is 1.43 bits per heavy atom. The first kappa shape index (κ1) is 20.7. The zero-order chi connectivity index (χ0) is 15.6. The SMILES string of the molecule is COCCOCCN(CCOCCO)CCOCCOC. The minimum atomic E-state index is 0.0558. The van der Waals surface area contributed by atoms with Crippen LogP contribution in [0.15, 0.2) is 0 Å². The van der Waals surface area contributed by atoms with E-state index in [2.05, 4.69) is 4.90 Å². The van der Waals surface area contributed by atoms with Gasteiger partial charge in [0.1, 0.15) is 0 Å². The summed E-state index contributed by atoms with van der Waals surface area (Å²) in [7, 11) is 3.32. The van der Waals surface area contributed by atoms with Crippen molar-refractivity contribution in [1.82, 2.24) is 4.90 Å². The van der Waals surface area contributed by atoms with Gasteiger partial charge in [0.2, 0.25) is 0 Å². The second kappa shape index (κ2) is 17.8. The summed E-state index contributed by atoms with van der Waals surface area (Å²) >= 11 is 0. The standard InChI is InChI=1S/C14H31NO6/c1-17-11-13-20-8-4-15(3-7-19-10-6-16)5-9-21-14-12-18-2/h16H,3-14H2,1-2H3.